The third-order valence-electron chi connectivity index (χ3n) is 3.39. The first-order chi connectivity index (χ1) is 7.75. The predicted octanol–water partition coefficient (Wildman–Crippen LogP) is 0.600. The fourth-order valence-corrected chi connectivity index (χ4v) is 2.34. The molecule has 0 aromatic heterocycles. The van der Waals surface area contributed by atoms with Gasteiger partial charge in [-0.05, 0) is 31.8 Å². The standard InChI is InChI=1S/C15H22N.Li/c1-13(2)15-8-6-7-14(11-15)12-16-9-4-3-5-10-16;/h6,8,11,13H,3-5,9-10,12H2,1-2H3;/q-1;+1. The third kappa shape index (κ3) is 4.51. The zero-order valence-corrected chi connectivity index (χ0v) is 11.5. The maximum absolute atomic E-state index is 3.37. The largest absolute Gasteiger partial charge is 1.00 e. The molecule has 17 heavy (non-hydrogen) atoms. The van der Waals surface area contributed by atoms with Gasteiger partial charge in [-0.25, -0.2) is 0 Å². The molecule has 1 aliphatic heterocycles. The van der Waals surface area contributed by atoms with Gasteiger partial charge in [-0.15, -0.1) is 5.56 Å². The first kappa shape index (κ1) is 14.8. The van der Waals surface area contributed by atoms with E-state index in [1.54, 1.807) is 0 Å². The number of benzene rings is 1. The SMILES string of the molecule is CC(C)c1cc[c-]c(CN2CCCCC2)c1.[Li+]. The molecule has 0 amide bonds. The Kier molecular flexibility index (Phi) is 6.34. The van der Waals surface area contributed by atoms with Crippen molar-refractivity contribution in [2.45, 2.75) is 45.6 Å². The van der Waals surface area contributed by atoms with E-state index in [9.17, 15) is 0 Å². The molecule has 0 N–H and O–H groups in total. The second-order valence-electron chi connectivity index (χ2n) is 5.14. The van der Waals surface area contributed by atoms with E-state index >= 15 is 0 Å². The maximum Gasteiger partial charge on any atom is 1.00 e. The first-order valence-corrected chi connectivity index (χ1v) is 6.48. The van der Waals surface area contributed by atoms with Crippen LogP contribution < -0.4 is 18.9 Å². The summed E-state index contributed by atoms with van der Waals surface area (Å²) in [6, 6.07) is 9.95. The van der Waals surface area contributed by atoms with Gasteiger partial charge in [0, 0.05) is 6.54 Å². The van der Waals surface area contributed by atoms with Crippen LogP contribution >= 0.6 is 0 Å². The summed E-state index contributed by atoms with van der Waals surface area (Å²) in [5.74, 6) is 0.620. The fraction of sp³-hybridized carbons (Fsp3) is 0.600. The average Bonchev–Trinajstić information content (AvgIpc) is 2.30. The van der Waals surface area contributed by atoms with Crippen LogP contribution in [0.25, 0.3) is 0 Å². The minimum Gasteiger partial charge on any atom is -0.301 e. The van der Waals surface area contributed by atoms with Crippen LogP contribution in [0.4, 0.5) is 0 Å². The summed E-state index contributed by atoms with van der Waals surface area (Å²) in [6.07, 6.45) is 4.14. The van der Waals surface area contributed by atoms with Crippen LogP contribution in [0.15, 0.2) is 18.2 Å². The summed E-state index contributed by atoms with van der Waals surface area (Å²) in [4.78, 5) is 2.56. The molecule has 0 spiro atoms. The average molecular weight is 223 g/mol. The number of hydrogen-bond donors (Lipinski definition) is 0. The fourth-order valence-electron chi connectivity index (χ4n) is 2.34. The molecule has 0 unspecified atom stereocenters. The van der Waals surface area contributed by atoms with Gasteiger partial charge in [-0.2, -0.15) is 29.8 Å². The van der Waals surface area contributed by atoms with E-state index in [1.165, 1.54) is 43.5 Å². The molecule has 2 rings (SSSR count). The summed E-state index contributed by atoms with van der Waals surface area (Å²) in [5, 5.41) is 0. The van der Waals surface area contributed by atoms with Gasteiger partial charge in [0.15, 0.2) is 0 Å². The van der Waals surface area contributed by atoms with E-state index in [2.05, 4.69) is 43.0 Å². The Hall–Kier alpha value is -0.223. The van der Waals surface area contributed by atoms with Crippen LogP contribution in [0.1, 0.15) is 50.2 Å². The number of rotatable bonds is 3. The van der Waals surface area contributed by atoms with Gasteiger partial charge in [0.1, 0.15) is 0 Å². The Balaban J connectivity index is 0.00000144. The van der Waals surface area contributed by atoms with Crippen LogP contribution in [0, 0.1) is 6.07 Å². The molecule has 1 aromatic carbocycles. The first-order valence-electron chi connectivity index (χ1n) is 6.48. The Morgan fingerprint density at radius 2 is 1.94 bits per heavy atom. The number of piperidine rings is 1. The van der Waals surface area contributed by atoms with E-state index in [1.807, 2.05) is 0 Å². The van der Waals surface area contributed by atoms with Crippen molar-refractivity contribution >= 4 is 0 Å². The summed E-state index contributed by atoms with van der Waals surface area (Å²) in [6.45, 7) is 8.11. The Bertz CT molecular complexity index is 329. The van der Waals surface area contributed by atoms with Crippen molar-refractivity contribution in [2.75, 3.05) is 13.1 Å². The van der Waals surface area contributed by atoms with Crippen LogP contribution in [-0.4, -0.2) is 18.0 Å². The van der Waals surface area contributed by atoms with Crippen molar-refractivity contribution in [1.82, 2.24) is 4.90 Å². The molecule has 1 nitrogen and oxygen atoms in total. The molecular weight excluding hydrogens is 201 g/mol. The molecule has 0 atom stereocenters. The molecular formula is C15H22LiN. The normalized spacial score (nSPS) is 16.9. The van der Waals surface area contributed by atoms with E-state index < -0.39 is 0 Å². The van der Waals surface area contributed by atoms with Crippen molar-refractivity contribution in [1.29, 1.82) is 0 Å². The van der Waals surface area contributed by atoms with Crippen LogP contribution in [0.5, 0.6) is 0 Å². The van der Waals surface area contributed by atoms with Crippen molar-refractivity contribution in [3.63, 3.8) is 0 Å². The number of hydrogen-bond acceptors (Lipinski definition) is 1. The minimum absolute atomic E-state index is 0. The van der Waals surface area contributed by atoms with Gasteiger partial charge in [-0.1, -0.05) is 20.3 Å². The minimum atomic E-state index is 0. The summed E-state index contributed by atoms with van der Waals surface area (Å²) < 4.78 is 0. The van der Waals surface area contributed by atoms with Crippen LogP contribution in [0.3, 0.4) is 0 Å². The zero-order valence-electron chi connectivity index (χ0n) is 11.5. The van der Waals surface area contributed by atoms with Crippen molar-refractivity contribution < 1.29 is 18.9 Å². The van der Waals surface area contributed by atoms with Gasteiger partial charge < -0.3 is 4.90 Å². The Morgan fingerprint density at radius 3 is 2.59 bits per heavy atom. The molecule has 0 saturated carbocycles. The van der Waals surface area contributed by atoms with Gasteiger partial charge in [-0.3, -0.25) is 0 Å². The summed E-state index contributed by atoms with van der Waals surface area (Å²) >= 11 is 0. The quantitative estimate of drug-likeness (QED) is 0.536. The monoisotopic (exact) mass is 223 g/mol. The molecule has 0 bridgehead atoms. The van der Waals surface area contributed by atoms with Crippen molar-refractivity contribution in [2.24, 2.45) is 0 Å². The van der Waals surface area contributed by atoms with Gasteiger partial charge in [0.05, 0.1) is 0 Å². The Labute approximate surface area is 118 Å². The topological polar surface area (TPSA) is 3.24 Å². The molecule has 1 heterocycles. The molecule has 1 saturated heterocycles. The van der Waals surface area contributed by atoms with Crippen molar-refractivity contribution in [3.05, 3.63) is 35.4 Å². The summed E-state index contributed by atoms with van der Waals surface area (Å²) in [7, 11) is 0. The molecule has 1 aliphatic rings. The second kappa shape index (κ2) is 7.26. The number of nitrogens with zero attached hydrogens (tertiary/aromatic N) is 1. The van der Waals surface area contributed by atoms with Crippen LogP contribution in [-0.2, 0) is 6.54 Å². The van der Waals surface area contributed by atoms with Crippen LogP contribution in [0.2, 0.25) is 0 Å². The molecule has 0 aliphatic carbocycles. The smallest absolute Gasteiger partial charge is 0.301 e. The molecule has 0 radical (unpaired) electrons. The van der Waals surface area contributed by atoms with E-state index in [0.717, 1.165) is 6.54 Å². The zero-order chi connectivity index (χ0) is 11.4. The third-order valence-corrected chi connectivity index (χ3v) is 3.39. The van der Waals surface area contributed by atoms with Crippen molar-refractivity contribution in [3.8, 4) is 0 Å². The number of likely N-dealkylation sites (tertiary alicyclic amines) is 1. The summed E-state index contributed by atoms with van der Waals surface area (Å²) in [5.41, 5.74) is 2.79. The van der Waals surface area contributed by atoms with E-state index in [0.29, 0.717) is 5.92 Å². The Morgan fingerprint density at radius 1 is 1.24 bits per heavy atom. The van der Waals surface area contributed by atoms with Gasteiger partial charge in [0.2, 0.25) is 0 Å². The van der Waals surface area contributed by atoms with E-state index in [-0.39, 0.29) is 18.9 Å². The maximum atomic E-state index is 3.37. The molecule has 1 aromatic rings. The molecule has 2 heteroatoms. The molecule has 88 valence electrons. The second-order valence-corrected chi connectivity index (χ2v) is 5.14. The predicted molar refractivity (Wildman–Crippen MR) is 68.5 cm³/mol. The van der Waals surface area contributed by atoms with Gasteiger partial charge >= 0.3 is 18.9 Å². The van der Waals surface area contributed by atoms with Gasteiger partial charge in [0.25, 0.3) is 0 Å². The van der Waals surface area contributed by atoms with E-state index in [4.69, 9.17) is 0 Å². The molecule has 1 fully saturated rings.